The molecule has 1 aromatic heterocycles. The molecule has 1 saturated heterocycles. The summed E-state index contributed by atoms with van der Waals surface area (Å²) >= 11 is 0. The Balaban J connectivity index is 1.75. The van der Waals surface area contributed by atoms with Crippen molar-refractivity contribution in [2.45, 2.75) is 31.8 Å². The molecule has 0 radical (unpaired) electrons. The molecule has 1 unspecified atom stereocenters. The van der Waals surface area contributed by atoms with Crippen molar-refractivity contribution in [2.75, 3.05) is 19.6 Å². The first-order chi connectivity index (χ1) is 8.65. The first kappa shape index (κ1) is 13.0. The first-order valence-corrected chi connectivity index (χ1v) is 6.41. The van der Waals surface area contributed by atoms with Crippen LogP contribution >= 0.6 is 0 Å². The van der Waals surface area contributed by atoms with Gasteiger partial charge in [0.25, 0.3) is 0 Å². The SMILES string of the molecule is CC(NC1CCN(CC(N)=O)CC1)c1ccn[nH]1. The van der Waals surface area contributed by atoms with Gasteiger partial charge in [0.2, 0.25) is 5.91 Å². The molecule has 0 aliphatic carbocycles. The van der Waals surface area contributed by atoms with Crippen LogP contribution in [0.25, 0.3) is 0 Å². The second-order valence-corrected chi connectivity index (χ2v) is 4.92. The van der Waals surface area contributed by atoms with Gasteiger partial charge in [-0.1, -0.05) is 0 Å². The van der Waals surface area contributed by atoms with Crippen LogP contribution < -0.4 is 11.1 Å². The zero-order valence-corrected chi connectivity index (χ0v) is 10.7. The number of piperidine rings is 1. The van der Waals surface area contributed by atoms with Crippen LogP contribution in [0, 0.1) is 0 Å². The number of hydrogen-bond donors (Lipinski definition) is 3. The summed E-state index contributed by atoms with van der Waals surface area (Å²) in [5, 5.41) is 10.5. The van der Waals surface area contributed by atoms with E-state index in [0.29, 0.717) is 12.6 Å². The smallest absolute Gasteiger partial charge is 0.231 e. The fourth-order valence-corrected chi connectivity index (χ4v) is 2.43. The van der Waals surface area contributed by atoms with Gasteiger partial charge >= 0.3 is 0 Å². The van der Waals surface area contributed by atoms with Crippen LogP contribution in [0.2, 0.25) is 0 Å². The highest BCUT2D eigenvalue weighted by Gasteiger charge is 2.21. The topological polar surface area (TPSA) is 87.0 Å². The van der Waals surface area contributed by atoms with Crippen molar-refractivity contribution in [2.24, 2.45) is 5.73 Å². The standard InChI is InChI=1S/C12H21N5O/c1-9(11-2-5-14-16-11)15-10-3-6-17(7-4-10)8-12(13)18/h2,5,9-10,15H,3-4,6-8H2,1H3,(H2,13,18)(H,14,16). The number of amides is 1. The number of hydrogen-bond acceptors (Lipinski definition) is 4. The third-order valence-corrected chi connectivity index (χ3v) is 3.44. The van der Waals surface area contributed by atoms with E-state index in [2.05, 4.69) is 27.3 Å². The molecule has 1 aliphatic heterocycles. The monoisotopic (exact) mass is 251 g/mol. The molecule has 0 aromatic carbocycles. The van der Waals surface area contributed by atoms with E-state index in [1.807, 2.05) is 6.07 Å². The van der Waals surface area contributed by atoms with Crippen LogP contribution in [0.5, 0.6) is 0 Å². The molecule has 1 aliphatic rings. The molecule has 100 valence electrons. The Bertz CT molecular complexity index is 370. The average molecular weight is 251 g/mol. The maximum atomic E-state index is 10.8. The molecule has 2 rings (SSSR count). The van der Waals surface area contributed by atoms with Gasteiger partial charge in [0, 0.05) is 31.4 Å². The number of aromatic amines is 1. The van der Waals surface area contributed by atoms with E-state index in [4.69, 9.17) is 5.73 Å². The van der Waals surface area contributed by atoms with Crippen LogP contribution in [0.15, 0.2) is 12.3 Å². The minimum absolute atomic E-state index is 0.243. The van der Waals surface area contributed by atoms with E-state index in [9.17, 15) is 4.79 Å². The number of carbonyl (C=O) groups is 1. The number of nitrogens with one attached hydrogen (secondary N) is 2. The number of primary amides is 1. The highest BCUT2D eigenvalue weighted by Crippen LogP contribution is 2.15. The van der Waals surface area contributed by atoms with Crippen molar-refractivity contribution in [3.8, 4) is 0 Å². The summed E-state index contributed by atoms with van der Waals surface area (Å²) < 4.78 is 0. The third-order valence-electron chi connectivity index (χ3n) is 3.44. The van der Waals surface area contributed by atoms with Gasteiger partial charge in [-0.15, -0.1) is 0 Å². The van der Waals surface area contributed by atoms with Gasteiger partial charge in [0.1, 0.15) is 0 Å². The molecule has 1 fully saturated rings. The predicted molar refractivity (Wildman–Crippen MR) is 68.8 cm³/mol. The molecule has 0 saturated carbocycles. The zero-order valence-electron chi connectivity index (χ0n) is 10.7. The molecule has 6 nitrogen and oxygen atoms in total. The minimum atomic E-state index is -0.243. The summed E-state index contributed by atoms with van der Waals surface area (Å²) in [4.78, 5) is 12.9. The summed E-state index contributed by atoms with van der Waals surface area (Å²) in [5.41, 5.74) is 6.30. The van der Waals surface area contributed by atoms with Crippen LogP contribution in [-0.4, -0.2) is 46.7 Å². The van der Waals surface area contributed by atoms with Gasteiger partial charge in [-0.3, -0.25) is 14.8 Å². The fraction of sp³-hybridized carbons (Fsp3) is 0.667. The molecule has 1 atom stereocenters. The molecule has 18 heavy (non-hydrogen) atoms. The van der Waals surface area contributed by atoms with Crippen LogP contribution in [0.3, 0.4) is 0 Å². The van der Waals surface area contributed by atoms with E-state index >= 15 is 0 Å². The quantitative estimate of drug-likeness (QED) is 0.688. The van der Waals surface area contributed by atoms with Crippen molar-refractivity contribution in [3.63, 3.8) is 0 Å². The Hall–Kier alpha value is -1.40. The second kappa shape index (κ2) is 5.97. The number of nitrogens with zero attached hydrogens (tertiary/aromatic N) is 2. The molecule has 2 heterocycles. The van der Waals surface area contributed by atoms with Gasteiger partial charge in [0.15, 0.2) is 0 Å². The van der Waals surface area contributed by atoms with E-state index in [0.717, 1.165) is 31.6 Å². The summed E-state index contributed by atoms with van der Waals surface area (Å²) in [6.07, 6.45) is 3.86. The zero-order chi connectivity index (χ0) is 13.0. The maximum Gasteiger partial charge on any atom is 0.231 e. The lowest BCUT2D eigenvalue weighted by atomic mass is 10.0. The molecule has 4 N–H and O–H groups in total. The Morgan fingerprint density at radius 3 is 2.94 bits per heavy atom. The molecule has 1 aromatic rings. The number of H-pyrrole nitrogens is 1. The average Bonchev–Trinajstić information content (AvgIpc) is 2.84. The van der Waals surface area contributed by atoms with Crippen LogP contribution in [0.1, 0.15) is 31.5 Å². The first-order valence-electron chi connectivity index (χ1n) is 6.41. The molecule has 1 amide bonds. The number of carbonyl (C=O) groups excluding carboxylic acids is 1. The van der Waals surface area contributed by atoms with E-state index in [-0.39, 0.29) is 11.9 Å². The maximum absolute atomic E-state index is 10.8. The number of likely N-dealkylation sites (tertiary alicyclic amines) is 1. The van der Waals surface area contributed by atoms with Crippen LogP contribution in [0.4, 0.5) is 0 Å². The van der Waals surface area contributed by atoms with Gasteiger partial charge in [-0.05, 0) is 25.8 Å². The van der Waals surface area contributed by atoms with E-state index in [1.54, 1.807) is 6.20 Å². The Morgan fingerprint density at radius 1 is 1.67 bits per heavy atom. The minimum Gasteiger partial charge on any atom is -0.369 e. The van der Waals surface area contributed by atoms with E-state index < -0.39 is 0 Å². The van der Waals surface area contributed by atoms with Crippen molar-refractivity contribution in [3.05, 3.63) is 18.0 Å². The van der Waals surface area contributed by atoms with Crippen molar-refractivity contribution in [1.29, 1.82) is 0 Å². The van der Waals surface area contributed by atoms with Gasteiger partial charge in [-0.2, -0.15) is 5.10 Å². The lowest BCUT2D eigenvalue weighted by molar-refractivity contribution is -0.119. The summed E-state index contributed by atoms with van der Waals surface area (Å²) in [5.74, 6) is -0.243. The highest BCUT2D eigenvalue weighted by molar-refractivity contribution is 5.75. The molecule has 6 heteroatoms. The van der Waals surface area contributed by atoms with Gasteiger partial charge in [0.05, 0.1) is 12.2 Å². The largest absolute Gasteiger partial charge is 0.369 e. The summed E-state index contributed by atoms with van der Waals surface area (Å²) in [7, 11) is 0. The van der Waals surface area contributed by atoms with Gasteiger partial charge in [-0.25, -0.2) is 0 Å². The second-order valence-electron chi connectivity index (χ2n) is 4.92. The van der Waals surface area contributed by atoms with E-state index in [1.165, 1.54) is 0 Å². The van der Waals surface area contributed by atoms with Crippen LogP contribution in [-0.2, 0) is 4.79 Å². The number of rotatable bonds is 5. The Morgan fingerprint density at radius 2 is 2.39 bits per heavy atom. The lowest BCUT2D eigenvalue weighted by Gasteiger charge is -2.33. The summed E-state index contributed by atoms with van der Waals surface area (Å²) in [6, 6.07) is 2.76. The third kappa shape index (κ3) is 3.54. The fourth-order valence-electron chi connectivity index (χ4n) is 2.43. The Labute approximate surface area is 107 Å². The Kier molecular flexibility index (Phi) is 4.33. The lowest BCUT2D eigenvalue weighted by Crippen LogP contribution is -2.45. The van der Waals surface area contributed by atoms with Crippen molar-refractivity contribution in [1.82, 2.24) is 20.4 Å². The van der Waals surface area contributed by atoms with Crippen molar-refractivity contribution >= 4 is 5.91 Å². The normalized spacial score (nSPS) is 19.8. The molecule has 0 bridgehead atoms. The molecule has 0 spiro atoms. The highest BCUT2D eigenvalue weighted by atomic mass is 16.1. The summed E-state index contributed by atoms with van der Waals surface area (Å²) in [6.45, 7) is 4.36. The number of nitrogens with two attached hydrogens (primary N) is 1. The van der Waals surface area contributed by atoms with Gasteiger partial charge < -0.3 is 11.1 Å². The molecular formula is C12H21N5O. The van der Waals surface area contributed by atoms with Crippen molar-refractivity contribution < 1.29 is 4.79 Å². The predicted octanol–water partition coefficient (Wildman–Crippen LogP) is 0.0100. The number of aromatic nitrogens is 2. The molecular weight excluding hydrogens is 230 g/mol.